The lowest BCUT2D eigenvalue weighted by Gasteiger charge is -2.07. The molecule has 0 spiro atoms. The Balaban J connectivity index is 2.57. The highest BCUT2D eigenvalue weighted by molar-refractivity contribution is 7.91. The minimum atomic E-state index is -4.56. The maximum absolute atomic E-state index is 12.0. The molecule has 0 fully saturated rings. The van der Waals surface area contributed by atoms with Gasteiger partial charge in [-0.15, -0.1) is 11.3 Å². The van der Waals surface area contributed by atoms with Crippen LogP contribution in [0.25, 0.3) is 0 Å². The van der Waals surface area contributed by atoms with Crippen LogP contribution in [-0.4, -0.2) is 34.2 Å². The van der Waals surface area contributed by atoms with Gasteiger partial charge in [-0.3, -0.25) is 0 Å². The maximum Gasteiger partial charge on any atom is 0.402 e. The second-order valence-electron chi connectivity index (χ2n) is 4.16. The van der Waals surface area contributed by atoms with Crippen molar-refractivity contribution in [3.8, 4) is 0 Å². The summed E-state index contributed by atoms with van der Waals surface area (Å²) in [6.45, 7) is 2.07. The van der Waals surface area contributed by atoms with E-state index in [1.54, 1.807) is 10.8 Å². The van der Waals surface area contributed by atoms with Crippen molar-refractivity contribution < 1.29 is 21.6 Å². The molecule has 1 rings (SSSR count). The van der Waals surface area contributed by atoms with E-state index < -0.39 is 22.7 Å². The van der Waals surface area contributed by atoms with Gasteiger partial charge in [0.15, 0.2) is 0 Å². The van der Waals surface area contributed by atoms with E-state index >= 15 is 0 Å². The summed E-state index contributed by atoms with van der Waals surface area (Å²) in [6, 6.07) is 2.96. The van der Waals surface area contributed by atoms with Crippen molar-refractivity contribution in [2.45, 2.75) is 30.2 Å². The van der Waals surface area contributed by atoms with E-state index in [4.69, 9.17) is 0 Å². The highest BCUT2D eigenvalue weighted by Gasteiger charge is 2.30. The Morgan fingerprint density at radius 1 is 1.25 bits per heavy atom. The monoisotopic (exact) mass is 330 g/mol. The normalized spacial score (nSPS) is 12.8. The third kappa shape index (κ3) is 6.21. The zero-order valence-electron chi connectivity index (χ0n) is 11.0. The molecule has 0 aliphatic rings. The van der Waals surface area contributed by atoms with Gasteiger partial charge < -0.3 is 5.32 Å². The Bertz CT molecular complexity index is 512. The minimum absolute atomic E-state index is 0.0905. The fourth-order valence-corrected chi connectivity index (χ4v) is 3.81. The molecule has 116 valence electrons. The third-order valence-electron chi connectivity index (χ3n) is 2.34. The van der Waals surface area contributed by atoms with Crippen molar-refractivity contribution in [1.29, 1.82) is 0 Å². The Hall–Kier alpha value is -0.640. The highest BCUT2D eigenvalue weighted by Crippen LogP contribution is 2.22. The van der Waals surface area contributed by atoms with Crippen molar-refractivity contribution in [1.82, 2.24) is 10.0 Å². The van der Waals surface area contributed by atoms with Gasteiger partial charge in [-0.1, -0.05) is 6.92 Å². The Kier molecular flexibility index (Phi) is 6.44. The molecule has 0 saturated carbocycles. The molecule has 0 amide bonds. The first-order valence-electron chi connectivity index (χ1n) is 6.10. The molecule has 0 aliphatic carbocycles. The number of hydrogen-bond donors (Lipinski definition) is 2. The largest absolute Gasteiger partial charge is 0.402 e. The number of alkyl halides is 3. The molecule has 0 aliphatic heterocycles. The van der Waals surface area contributed by atoms with Gasteiger partial charge >= 0.3 is 6.18 Å². The molecular weight excluding hydrogens is 313 g/mol. The first-order valence-corrected chi connectivity index (χ1v) is 8.40. The topological polar surface area (TPSA) is 58.2 Å². The summed E-state index contributed by atoms with van der Waals surface area (Å²) in [7, 11) is -4.08. The van der Waals surface area contributed by atoms with Gasteiger partial charge in [-0.05, 0) is 38.1 Å². The van der Waals surface area contributed by atoms with Crippen molar-refractivity contribution >= 4 is 21.4 Å². The van der Waals surface area contributed by atoms with Gasteiger partial charge in [0.05, 0.1) is 0 Å². The number of thiophene rings is 1. The fraction of sp³-hybridized carbons (Fsp3) is 0.636. The maximum atomic E-state index is 12.0. The molecule has 0 unspecified atom stereocenters. The van der Waals surface area contributed by atoms with Gasteiger partial charge in [0.1, 0.15) is 10.8 Å². The van der Waals surface area contributed by atoms with Gasteiger partial charge in [0.2, 0.25) is 10.0 Å². The SMILES string of the molecule is CCCNCCc1ccc(S(=O)(=O)NCC(F)(F)F)s1. The van der Waals surface area contributed by atoms with Gasteiger partial charge in [0.25, 0.3) is 0 Å². The lowest BCUT2D eigenvalue weighted by molar-refractivity contribution is -0.121. The standard InChI is InChI=1S/C11H17F3N2O2S2/c1-2-6-15-7-5-9-3-4-10(19-9)20(17,18)16-8-11(12,13)14/h3-4,15-16H,2,5-8H2,1H3. The van der Waals surface area contributed by atoms with Gasteiger partial charge in [-0.2, -0.15) is 13.2 Å². The van der Waals surface area contributed by atoms with Crippen LogP contribution in [-0.2, 0) is 16.4 Å². The van der Waals surface area contributed by atoms with Crippen molar-refractivity contribution in [2.75, 3.05) is 19.6 Å². The Labute approximate surface area is 120 Å². The summed E-state index contributed by atoms with van der Waals surface area (Å²) in [5.74, 6) is 0. The summed E-state index contributed by atoms with van der Waals surface area (Å²) in [6.07, 6.45) is -2.90. The molecular formula is C11H17F3N2O2S2. The number of nitrogens with one attached hydrogen (secondary N) is 2. The smallest absolute Gasteiger partial charge is 0.316 e. The Morgan fingerprint density at radius 2 is 1.95 bits per heavy atom. The van der Waals surface area contributed by atoms with Gasteiger partial charge in [-0.25, -0.2) is 13.1 Å². The molecule has 1 aromatic heterocycles. The molecule has 0 bridgehead atoms. The van der Waals surface area contributed by atoms with Gasteiger partial charge in [0, 0.05) is 4.88 Å². The number of rotatable bonds is 8. The van der Waals surface area contributed by atoms with E-state index in [9.17, 15) is 21.6 Å². The summed E-state index contributed by atoms with van der Waals surface area (Å²) in [4.78, 5) is 0.820. The van der Waals surface area contributed by atoms with Crippen molar-refractivity contribution in [3.63, 3.8) is 0 Å². The number of sulfonamides is 1. The lowest BCUT2D eigenvalue weighted by Crippen LogP contribution is -2.33. The quantitative estimate of drug-likeness (QED) is 0.718. The molecule has 0 atom stereocenters. The average molecular weight is 330 g/mol. The predicted molar refractivity (Wildman–Crippen MR) is 72.4 cm³/mol. The highest BCUT2D eigenvalue weighted by atomic mass is 32.2. The minimum Gasteiger partial charge on any atom is -0.316 e. The summed E-state index contributed by atoms with van der Waals surface area (Å²) in [5.41, 5.74) is 0. The third-order valence-corrected chi connectivity index (χ3v) is 5.38. The molecule has 20 heavy (non-hydrogen) atoms. The summed E-state index contributed by atoms with van der Waals surface area (Å²) < 4.78 is 60.8. The molecule has 9 heteroatoms. The van der Waals surface area contributed by atoms with E-state index in [0.717, 1.165) is 29.2 Å². The van der Waals surface area contributed by atoms with Crippen LogP contribution in [0.5, 0.6) is 0 Å². The van der Waals surface area contributed by atoms with E-state index in [0.29, 0.717) is 13.0 Å². The number of hydrogen-bond acceptors (Lipinski definition) is 4. The molecule has 0 saturated heterocycles. The van der Waals surface area contributed by atoms with Crippen molar-refractivity contribution in [3.05, 3.63) is 17.0 Å². The van der Waals surface area contributed by atoms with Crippen LogP contribution in [0, 0.1) is 0 Å². The summed E-state index contributed by atoms with van der Waals surface area (Å²) in [5, 5.41) is 3.17. The first-order chi connectivity index (χ1) is 9.24. The lowest BCUT2D eigenvalue weighted by atomic mass is 10.3. The Morgan fingerprint density at radius 3 is 2.55 bits per heavy atom. The predicted octanol–water partition coefficient (Wildman–Crippen LogP) is 2.13. The van der Waals surface area contributed by atoms with Crippen LogP contribution < -0.4 is 10.0 Å². The van der Waals surface area contributed by atoms with E-state index in [1.165, 1.54) is 6.07 Å². The average Bonchev–Trinajstić information content (AvgIpc) is 2.81. The second kappa shape index (κ2) is 7.39. The van der Waals surface area contributed by atoms with Crippen LogP contribution in [0.3, 0.4) is 0 Å². The van der Waals surface area contributed by atoms with Crippen LogP contribution >= 0.6 is 11.3 Å². The van der Waals surface area contributed by atoms with Crippen LogP contribution in [0.4, 0.5) is 13.2 Å². The van der Waals surface area contributed by atoms with E-state index in [1.807, 2.05) is 6.92 Å². The first kappa shape index (κ1) is 17.4. The van der Waals surface area contributed by atoms with E-state index in [-0.39, 0.29) is 4.21 Å². The molecule has 0 radical (unpaired) electrons. The molecule has 1 aromatic rings. The fourth-order valence-electron chi connectivity index (χ4n) is 1.40. The second-order valence-corrected chi connectivity index (χ2v) is 7.32. The molecule has 4 nitrogen and oxygen atoms in total. The van der Waals surface area contributed by atoms with Crippen LogP contribution in [0.15, 0.2) is 16.3 Å². The molecule has 1 heterocycles. The zero-order valence-corrected chi connectivity index (χ0v) is 12.6. The van der Waals surface area contributed by atoms with E-state index in [2.05, 4.69) is 5.32 Å². The number of halogens is 3. The van der Waals surface area contributed by atoms with Crippen molar-refractivity contribution in [2.24, 2.45) is 0 Å². The molecule has 0 aromatic carbocycles. The zero-order chi connectivity index (χ0) is 15.2. The van der Waals surface area contributed by atoms with Crippen LogP contribution in [0.1, 0.15) is 18.2 Å². The summed E-state index contributed by atoms with van der Waals surface area (Å²) >= 11 is 0.991. The molecule has 2 N–H and O–H groups in total. The van der Waals surface area contributed by atoms with Crippen LogP contribution in [0.2, 0.25) is 0 Å².